The fourth-order valence-corrected chi connectivity index (χ4v) is 0.346. The zero-order chi connectivity index (χ0) is 9.28. The number of hydrogen-bond donors (Lipinski definition) is 2. The summed E-state index contributed by atoms with van der Waals surface area (Å²) in [5, 5.41) is 13.9. The van der Waals surface area contributed by atoms with E-state index in [0.717, 1.165) is 6.42 Å². The Morgan fingerprint density at radius 1 is 1.55 bits per heavy atom. The molecular formula is C8H14O3. The van der Waals surface area contributed by atoms with Gasteiger partial charge in [0.15, 0.2) is 0 Å². The summed E-state index contributed by atoms with van der Waals surface area (Å²) in [5.74, 6) is 0. The number of carbonyl (C=O) groups is 1. The van der Waals surface area contributed by atoms with E-state index in [1.807, 2.05) is 13.0 Å². The van der Waals surface area contributed by atoms with Crippen LogP contribution in [0.5, 0.6) is 0 Å². The average molecular weight is 158 g/mol. The minimum Gasteiger partial charge on any atom is -0.450 e. The first-order valence-electron chi connectivity index (χ1n) is 3.19. The third kappa shape index (κ3) is 28.4. The van der Waals surface area contributed by atoms with Crippen molar-refractivity contribution in [3.05, 3.63) is 24.3 Å². The highest BCUT2D eigenvalue weighted by Crippen LogP contribution is 1.96. The molecule has 0 radical (unpaired) electrons. The van der Waals surface area contributed by atoms with Gasteiger partial charge in [-0.1, -0.05) is 17.7 Å². The van der Waals surface area contributed by atoms with E-state index in [9.17, 15) is 0 Å². The Hall–Kier alpha value is -1.25. The van der Waals surface area contributed by atoms with E-state index in [1.165, 1.54) is 5.57 Å². The lowest BCUT2D eigenvalue weighted by molar-refractivity contribution is 0.137. The molecule has 0 amide bonds. The van der Waals surface area contributed by atoms with Gasteiger partial charge in [-0.3, -0.25) is 0 Å². The lowest BCUT2D eigenvalue weighted by Crippen LogP contribution is -1.81. The summed E-state index contributed by atoms with van der Waals surface area (Å²) >= 11 is 0. The Kier molecular flexibility index (Phi) is 9.89. The number of rotatable bonds is 2. The summed E-state index contributed by atoms with van der Waals surface area (Å²) < 4.78 is 0. The van der Waals surface area contributed by atoms with E-state index in [1.54, 1.807) is 0 Å². The molecule has 0 aliphatic carbocycles. The number of allylic oxidation sites excluding steroid dienone is 3. The van der Waals surface area contributed by atoms with Crippen molar-refractivity contribution in [1.29, 1.82) is 0 Å². The van der Waals surface area contributed by atoms with Crippen molar-refractivity contribution in [2.75, 3.05) is 0 Å². The van der Waals surface area contributed by atoms with E-state index < -0.39 is 6.16 Å². The lowest BCUT2D eigenvalue weighted by atomic mass is 10.2. The Morgan fingerprint density at radius 2 is 1.91 bits per heavy atom. The molecule has 0 aromatic rings. The Bertz CT molecular complexity index is 143. The predicted octanol–water partition coefficient (Wildman–Crippen LogP) is 2.75. The zero-order valence-corrected chi connectivity index (χ0v) is 6.87. The molecule has 0 spiro atoms. The van der Waals surface area contributed by atoms with Gasteiger partial charge in [-0.2, -0.15) is 0 Å². The van der Waals surface area contributed by atoms with Gasteiger partial charge in [-0.25, -0.2) is 4.79 Å². The molecule has 0 aromatic heterocycles. The number of hydrogen-bond acceptors (Lipinski definition) is 1. The Labute approximate surface area is 66.7 Å². The van der Waals surface area contributed by atoms with Gasteiger partial charge in [-0.05, 0) is 20.3 Å². The molecule has 0 saturated carbocycles. The van der Waals surface area contributed by atoms with Gasteiger partial charge in [0, 0.05) is 0 Å². The molecule has 2 N–H and O–H groups in total. The molecule has 0 unspecified atom stereocenters. The van der Waals surface area contributed by atoms with Gasteiger partial charge in [0.1, 0.15) is 0 Å². The standard InChI is InChI=1S/C7H12.CH2O3/c1-4-6-7(3)5-2;2-1(3)4/h4-5H,1,6H2,2-3H3;(H2,2,3,4). The molecule has 0 saturated heterocycles. The van der Waals surface area contributed by atoms with Crippen LogP contribution in [0.15, 0.2) is 24.3 Å². The fourth-order valence-electron chi connectivity index (χ4n) is 0.346. The van der Waals surface area contributed by atoms with E-state index >= 15 is 0 Å². The van der Waals surface area contributed by atoms with Crippen molar-refractivity contribution >= 4 is 6.16 Å². The summed E-state index contributed by atoms with van der Waals surface area (Å²) in [6, 6.07) is 0. The molecular weight excluding hydrogens is 144 g/mol. The van der Waals surface area contributed by atoms with Gasteiger partial charge >= 0.3 is 6.16 Å². The van der Waals surface area contributed by atoms with Crippen molar-refractivity contribution in [1.82, 2.24) is 0 Å². The molecule has 11 heavy (non-hydrogen) atoms. The molecule has 0 fully saturated rings. The molecule has 0 atom stereocenters. The zero-order valence-electron chi connectivity index (χ0n) is 6.87. The predicted molar refractivity (Wildman–Crippen MR) is 44.9 cm³/mol. The van der Waals surface area contributed by atoms with E-state index in [2.05, 4.69) is 19.6 Å². The van der Waals surface area contributed by atoms with Crippen molar-refractivity contribution in [3.63, 3.8) is 0 Å². The maximum atomic E-state index is 8.56. The first-order chi connectivity index (χ1) is 5.04. The van der Waals surface area contributed by atoms with Crippen molar-refractivity contribution in [3.8, 4) is 0 Å². The fraction of sp³-hybridized carbons (Fsp3) is 0.375. The van der Waals surface area contributed by atoms with Crippen LogP contribution in [0.1, 0.15) is 20.3 Å². The molecule has 3 heteroatoms. The van der Waals surface area contributed by atoms with Crippen LogP contribution >= 0.6 is 0 Å². The first kappa shape index (κ1) is 12.4. The lowest BCUT2D eigenvalue weighted by Gasteiger charge is -1.87. The van der Waals surface area contributed by atoms with Gasteiger partial charge in [0.05, 0.1) is 0 Å². The summed E-state index contributed by atoms with van der Waals surface area (Å²) in [7, 11) is 0. The van der Waals surface area contributed by atoms with Crippen LogP contribution in [-0.2, 0) is 0 Å². The first-order valence-corrected chi connectivity index (χ1v) is 3.19. The largest absolute Gasteiger partial charge is 0.503 e. The smallest absolute Gasteiger partial charge is 0.450 e. The van der Waals surface area contributed by atoms with E-state index in [4.69, 9.17) is 15.0 Å². The average Bonchev–Trinajstić information content (AvgIpc) is 1.87. The SMILES string of the molecule is C=CCC(C)=CC.O=C(O)O. The van der Waals surface area contributed by atoms with Crippen molar-refractivity contribution in [2.24, 2.45) is 0 Å². The van der Waals surface area contributed by atoms with Crippen LogP contribution in [-0.4, -0.2) is 16.4 Å². The van der Waals surface area contributed by atoms with Gasteiger partial charge in [-0.15, -0.1) is 6.58 Å². The maximum absolute atomic E-state index is 8.56. The maximum Gasteiger partial charge on any atom is 0.503 e. The Morgan fingerprint density at radius 3 is 2.00 bits per heavy atom. The van der Waals surface area contributed by atoms with Crippen LogP contribution in [0.4, 0.5) is 4.79 Å². The van der Waals surface area contributed by atoms with E-state index in [0.29, 0.717) is 0 Å². The second kappa shape index (κ2) is 8.75. The molecule has 0 bridgehead atoms. The quantitative estimate of drug-likeness (QED) is 0.607. The van der Waals surface area contributed by atoms with Gasteiger partial charge in [0.2, 0.25) is 0 Å². The van der Waals surface area contributed by atoms with Crippen LogP contribution in [0.25, 0.3) is 0 Å². The second-order valence-electron chi connectivity index (χ2n) is 1.91. The summed E-state index contributed by atoms with van der Waals surface area (Å²) in [5.41, 5.74) is 1.38. The Balaban J connectivity index is 0. The van der Waals surface area contributed by atoms with Crippen LogP contribution < -0.4 is 0 Å². The van der Waals surface area contributed by atoms with Crippen LogP contribution in [0.3, 0.4) is 0 Å². The molecule has 0 aliphatic heterocycles. The highest BCUT2D eigenvalue weighted by molar-refractivity contribution is 5.53. The monoisotopic (exact) mass is 158 g/mol. The highest BCUT2D eigenvalue weighted by atomic mass is 16.6. The normalized spacial score (nSPS) is 9.45. The molecule has 0 rings (SSSR count). The molecule has 0 aromatic carbocycles. The summed E-state index contributed by atoms with van der Waals surface area (Å²) in [4.78, 5) is 8.56. The van der Waals surface area contributed by atoms with Crippen LogP contribution in [0, 0.1) is 0 Å². The van der Waals surface area contributed by atoms with Gasteiger partial charge < -0.3 is 10.2 Å². The summed E-state index contributed by atoms with van der Waals surface area (Å²) in [6.45, 7) is 7.75. The molecule has 0 heterocycles. The van der Waals surface area contributed by atoms with Crippen molar-refractivity contribution in [2.45, 2.75) is 20.3 Å². The highest BCUT2D eigenvalue weighted by Gasteiger charge is 1.76. The summed E-state index contributed by atoms with van der Waals surface area (Å²) in [6.07, 6.45) is 3.20. The third-order valence-corrected chi connectivity index (χ3v) is 0.959. The molecule has 64 valence electrons. The van der Waals surface area contributed by atoms with Crippen molar-refractivity contribution < 1.29 is 15.0 Å². The van der Waals surface area contributed by atoms with E-state index in [-0.39, 0.29) is 0 Å². The van der Waals surface area contributed by atoms with Gasteiger partial charge in [0.25, 0.3) is 0 Å². The molecule has 3 nitrogen and oxygen atoms in total. The minimum absolute atomic E-state index is 1.02. The third-order valence-electron chi connectivity index (χ3n) is 0.959. The topological polar surface area (TPSA) is 57.5 Å². The minimum atomic E-state index is -1.83. The molecule has 0 aliphatic rings. The number of carboxylic acid groups (broad SMARTS) is 2. The van der Waals surface area contributed by atoms with Crippen LogP contribution in [0.2, 0.25) is 0 Å². The second-order valence-corrected chi connectivity index (χ2v) is 1.91.